The van der Waals surface area contributed by atoms with E-state index in [1.54, 1.807) is 35.7 Å². The molecule has 0 fully saturated rings. The highest BCUT2D eigenvalue weighted by atomic mass is 35.5. The highest BCUT2D eigenvalue weighted by Crippen LogP contribution is 2.17. The smallest absolute Gasteiger partial charge is 0.332 e. The van der Waals surface area contributed by atoms with Crippen LogP contribution in [0.25, 0.3) is 16.9 Å². The van der Waals surface area contributed by atoms with E-state index in [9.17, 15) is 9.59 Å². The Hall–Kier alpha value is -2.84. The van der Waals surface area contributed by atoms with Gasteiger partial charge >= 0.3 is 5.69 Å². The highest BCUT2D eigenvalue weighted by molar-refractivity contribution is 6.30. The lowest BCUT2D eigenvalue weighted by Gasteiger charge is -2.08. The lowest BCUT2D eigenvalue weighted by atomic mass is 10.2. The number of hydrogen-bond acceptors (Lipinski definition) is 4. The molecule has 0 aliphatic heterocycles. The van der Waals surface area contributed by atoms with Crippen LogP contribution in [-0.4, -0.2) is 34.8 Å². The molecular formula is C19H20ClN5O3. The Labute approximate surface area is 164 Å². The number of aliphatic hydroxyl groups excluding tert-OH is 1. The molecule has 0 unspecified atom stereocenters. The number of benzene rings is 1. The third kappa shape index (κ3) is 2.85. The summed E-state index contributed by atoms with van der Waals surface area (Å²) >= 11 is 5.92. The van der Waals surface area contributed by atoms with Crippen molar-refractivity contribution in [1.82, 2.24) is 23.1 Å². The maximum absolute atomic E-state index is 13.2. The van der Waals surface area contributed by atoms with Gasteiger partial charge in [0, 0.05) is 37.1 Å². The van der Waals surface area contributed by atoms with Crippen LogP contribution < -0.4 is 11.2 Å². The number of aliphatic hydroxyl groups is 1. The zero-order chi connectivity index (χ0) is 20.0. The van der Waals surface area contributed by atoms with Crippen LogP contribution in [0.5, 0.6) is 0 Å². The van der Waals surface area contributed by atoms with Crippen molar-refractivity contribution >= 4 is 28.5 Å². The first-order chi connectivity index (χ1) is 13.4. The summed E-state index contributed by atoms with van der Waals surface area (Å²) in [6, 6.07) is 7.04. The van der Waals surface area contributed by atoms with E-state index in [-0.39, 0.29) is 18.7 Å². The summed E-state index contributed by atoms with van der Waals surface area (Å²) in [4.78, 5) is 30.6. The second-order valence-electron chi connectivity index (χ2n) is 6.81. The molecule has 3 heterocycles. The lowest BCUT2D eigenvalue weighted by Crippen LogP contribution is -2.39. The van der Waals surface area contributed by atoms with Crippen LogP contribution in [0.1, 0.15) is 17.7 Å². The van der Waals surface area contributed by atoms with Gasteiger partial charge in [0.25, 0.3) is 5.56 Å². The molecule has 0 amide bonds. The van der Waals surface area contributed by atoms with Crippen molar-refractivity contribution in [3.05, 3.63) is 67.6 Å². The van der Waals surface area contributed by atoms with E-state index >= 15 is 0 Å². The van der Waals surface area contributed by atoms with Crippen LogP contribution >= 0.6 is 11.6 Å². The monoisotopic (exact) mass is 401 g/mol. The summed E-state index contributed by atoms with van der Waals surface area (Å²) in [5.74, 6) is 0.581. The Morgan fingerprint density at radius 2 is 1.86 bits per heavy atom. The molecule has 4 aromatic rings. The summed E-state index contributed by atoms with van der Waals surface area (Å²) in [5, 5.41) is 9.73. The molecule has 3 aromatic heterocycles. The van der Waals surface area contributed by atoms with Crippen molar-refractivity contribution in [3.8, 4) is 0 Å². The Bertz CT molecular complexity index is 1290. The van der Waals surface area contributed by atoms with Crippen LogP contribution in [0.2, 0.25) is 5.02 Å². The predicted octanol–water partition coefficient (Wildman–Crippen LogP) is 1.54. The maximum Gasteiger partial charge on any atom is 0.332 e. The summed E-state index contributed by atoms with van der Waals surface area (Å²) in [6.45, 7) is 2.72. The molecule has 0 atom stereocenters. The second-order valence-corrected chi connectivity index (χ2v) is 7.25. The largest absolute Gasteiger partial charge is 0.396 e. The third-order valence-corrected chi connectivity index (χ3v) is 5.19. The SMILES string of the molecule is Cc1cn2c3c(=O)n(Cc4ccc(Cl)cc4)c(=O)n(C)c3nc2n1CCCO. The maximum atomic E-state index is 13.2. The summed E-state index contributed by atoms with van der Waals surface area (Å²) in [6.07, 6.45) is 2.41. The number of aryl methyl sites for hydroxylation is 3. The average Bonchev–Trinajstić information content (AvgIpc) is 3.18. The van der Waals surface area contributed by atoms with E-state index in [4.69, 9.17) is 16.7 Å². The number of hydrogen-bond donors (Lipinski definition) is 1. The molecule has 0 saturated carbocycles. The van der Waals surface area contributed by atoms with Crippen molar-refractivity contribution in [2.75, 3.05) is 6.61 Å². The van der Waals surface area contributed by atoms with Crippen LogP contribution in [0.4, 0.5) is 0 Å². The van der Waals surface area contributed by atoms with E-state index in [0.29, 0.717) is 34.9 Å². The molecule has 146 valence electrons. The number of nitrogens with zero attached hydrogens (tertiary/aromatic N) is 5. The quantitative estimate of drug-likeness (QED) is 0.549. The standard InChI is InChI=1S/C19H20ClN5O3/c1-12-10-24-15-16(21-18(24)23(12)8-3-9-26)22(2)19(28)25(17(15)27)11-13-4-6-14(20)7-5-13/h4-7,10,26H,3,8-9,11H2,1-2H3. The Balaban J connectivity index is 1.95. The minimum atomic E-state index is -0.424. The molecule has 1 N–H and O–H groups in total. The van der Waals surface area contributed by atoms with Crippen molar-refractivity contribution in [2.45, 2.75) is 26.4 Å². The molecule has 0 spiro atoms. The van der Waals surface area contributed by atoms with Crippen molar-refractivity contribution in [3.63, 3.8) is 0 Å². The van der Waals surface area contributed by atoms with Crippen LogP contribution in [-0.2, 0) is 20.1 Å². The van der Waals surface area contributed by atoms with Gasteiger partial charge in [0.2, 0.25) is 5.78 Å². The van der Waals surface area contributed by atoms with Gasteiger partial charge in [-0.15, -0.1) is 0 Å². The normalized spacial score (nSPS) is 11.7. The van der Waals surface area contributed by atoms with E-state index in [0.717, 1.165) is 11.3 Å². The van der Waals surface area contributed by atoms with Crippen molar-refractivity contribution in [2.24, 2.45) is 7.05 Å². The van der Waals surface area contributed by atoms with Gasteiger partial charge in [0.1, 0.15) is 0 Å². The van der Waals surface area contributed by atoms with E-state index < -0.39 is 5.69 Å². The van der Waals surface area contributed by atoms with Gasteiger partial charge in [0.05, 0.1) is 6.54 Å². The molecule has 9 heteroatoms. The summed E-state index contributed by atoms with van der Waals surface area (Å²) in [7, 11) is 1.61. The summed E-state index contributed by atoms with van der Waals surface area (Å²) < 4.78 is 6.26. The molecule has 0 aliphatic rings. The minimum Gasteiger partial charge on any atom is -0.396 e. The zero-order valence-corrected chi connectivity index (χ0v) is 16.3. The van der Waals surface area contributed by atoms with Gasteiger partial charge in [-0.1, -0.05) is 23.7 Å². The van der Waals surface area contributed by atoms with Crippen LogP contribution in [0.15, 0.2) is 40.1 Å². The fraction of sp³-hybridized carbons (Fsp3) is 0.316. The Kier molecular flexibility index (Phi) is 4.60. The molecule has 1 aromatic carbocycles. The molecule has 4 rings (SSSR count). The lowest BCUT2D eigenvalue weighted by molar-refractivity contribution is 0.280. The first-order valence-corrected chi connectivity index (χ1v) is 9.33. The highest BCUT2D eigenvalue weighted by Gasteiger charge is 2.20. The second kappa shape index (κ2) is 6.96. The van der Waals surface area contributed by atoms with E-state index in [2.05, 4.69) is 4.98 Å². The van der Waals surface area contributed by atoms with Crippen molar-refractivity contribution < 1.29 is 5.11 Å². The number of rotatable bonds is 5. The first kappa shape index (κ1) is 18.5. The third-order valence-electron chi connectivity index (χ3n) is 4.93. The molecule has 0 bridgehead atoms. The molecular weight excluding hydrogens is 382 g/mol. The van der Waals surface area contributed by atoms with Gasteiger partial charge in [-0.3, -0.25) is 18.3 Å². The first-order valence-electron chi connectivity index (χ1n) is 8.95. The Morgan fingerprint density at radius 3 is 2.54 bits per heavy atom. The topological polar surface area (TPSA) is 86.5 Å². The molecule has 0 aliphatic carbocycles. The van der Waals surface area contributed by atoms with E-state index in [1.165, 1.54) is 9.13 Å². The zero-order valence-electron chi connectivity index (χ0n) is 15.6. The molecule has 0 radical (unpaired) electrons. The Morgan fingerprint density at radius 1 is 1.14 bits per heavy atom. The fourth-order valence-electron chi connectivity index (χ4n) is 3.47. The molecule has 8 nitrogen and oxygen atoms in total. The van der Waals surface area contributed by atoms with Gasteiger partial charge in [-0.25, -0.2) is 4.79 Å². The van der Waals surface area contributed by atoms with E-state index in [1.807, 2.05) is 17.7 Å². The molecule has 0 saturated heterocycles. The fourth-order valence-corrected chi connectivity index (χ4v) is 3.60. The van der Waals surface area contributed by atoms with Crippen LogP contribution in [0.3, 0.4) is 0 Å². The van der Waals surface area contributed by atoms with Gasteiger partial charge < -0.3 is 9.67 Å². The predicted molar refractivity (Wildman–Crippen MR) is 107 cm³/mol. The van der Waals surface area contributed by atoms with Gasteiger partial charge in [0.15, 0.2) is 11.2 Å². The number of halogens is 1. The van der Waals surface area contributed by atoms with Crippen molar-refractivity contribution in [1.29, 1.82) is 0 Å². The summed E-state index contributed by atoms with van der Waals surface area (Å²) in [5.41, 5.74) is 1.62. The number of fused-ring (bicyclic) bond motifs is 3. The minimum absolute atomic E-state index is 0.0659. The number of aromatic nitrogens is 5. The average molecular weight is 402 g/mol. The molecule has 28 heavy (non-hydrogen) atoms. The van der Waals surface area contributed by atoms with Crippen LogP contribution in [0, 0.1) is 6.92 Å². The number of imidazole rings is 2. The van der Waals surface area contributed by atoms with Gasteiger partial charge in [-0.2, -0.15) is 4.98 Å². The van der Waals surface area contributed by atoms with Gasteiger partial charge in [-0.05, 0) is 31.0 Å².